The first kappa shape index (κ1) is 16.3. The lowest BCUT2D eigenvalue weighted by molar-refractivity contribution is 0.242. The van der Waals surface area contributed by atoms with Crippen LogP contribution in [-0.4, -0.2) is 19.5 Å². The first-order valence-electron chi connectivity index (χ1n) is 7.50. The number of oxazole rings is 1. The van der Waals surface area contributed by atoms with Crippen molar-refractivity contribution in [2.24, 2.45) is 0 Å². The summed E-state index contributed by atoms with van der Waals surface area (Å²) >= 11 is 0. The topological polar surface area (TPSA) is 81.4 Å². The molecular weight excluding hydrogens is 328 g/mol. The molecule has 1 N–H and O–H groups in total. The van der Waals surface area contributed by atoms with Crippen LogP contribution in [0.4, 0.5) is 5.69 Å². The summed E-state index contributed by atoms with van der Waals surface area (Å²) in [5.41, 5.74) is 1.64. The van der Waals surface area contributed by atoms with Gasteiger partial charge in [-0.05, 0) is 50.2 Å². The molecule has 0 amide bonds. The Morgan fingerprint density at radius 2 is 1.83 bits per heavy atom. The van der Waals surface area contributed by atoms with E-state index in [0.717, 1.165) is 0 Å². The van der Waals surface area contributed by atoms with Crippen LogP contribution in [0.2, 0.25) is 0 Å². The molecule has 6 nitrogen and oxygen atoms in total. The van der Waals surface area contributed by atoms with Gasteiger partial charge in [-0.2, -0.15) is 0 Å². The third-order valence-corrected chi connectivity index (χ3v) is 4.65. The van der Waals surface area contributed by atoms with Crippen molar-refractivity contribution in [2.75, 3.05) is 4.72 Å². The zero-order valence-corrected chi connectivity index (χ0v) is 14.4. The Balaban J connectivity index is 1.83. The number of fused-ring (bicyclic) bond motifs is 1. The van der Waals surface area contributed by atoms with Crippen molar-refractivity contribution in [2.45, 2.75) is 31.8 Å². The molecule has 0 saturated heterocycles. The molecule has 1 aromatic heterocycles. The molecule has 0 unspecified atom stereocenters. The van der Waals surface area contributed by atoms with Crippen molar-refractivity contribution in [1.29, 1.82) is 0 Å². The number of nitrogens with one attached hydrogen (secondary N) is 1. The van der Waals surface area contributed by atoms with Gasteiger partial charge in [0.05, 0.1) is 16.7 Å². The molecule has 24 heavy (non-hydrogen) atoms. The number of aryl methyl sites for hydroxylation is 1. The third-order valence-electron chi connectivity index (χ3n) is 3.25. The van der Waals surface area contributed by atoms with Gasteiger partial charge in [0.25, 0.3) is 10.0 Å². The summed E-state index contributed by atoms with van der Waals surface area (Å²) in [5, 5.41) is 0. The van der Waals surface area contributed by atoms with E-state index >= 15 is 0 Å². The van der Waals surface area contributed by atoms with Crippen LogP contribution in [0.25, 0.3) is 11.1 Å². The van der Waals surface area contributed by atoms with E-state index in [1.807, 2.05) is 13.8 Å². The Labute approximate surface area is 140 Å². The lowest BCUT2D eigenvalue weighted by Gasteiger charge is -2.11. The highest BCUT2D eigenvalue weighted by molar-refractivity contribution is 7.92. The van der Waals surface area contributed by atoms with Gasteiger partial charge < -0.3 is 9.15 Å². The van der Waals surface area contributed by atoms with Gasteiger partial charge >= 0.3 is 0 Å². The SMILES string of the molecule is Cc1nc2ccc(NS(=O)(=O)c3ccc(OC(C)C)cc3)cc2o1. The Morgan fingerprint density at radius 1 is 1.12 bits per heavy atom. The molecule has 0 atom stereocenters. The summed E-state index contributed by atoms with van der Waals surface area (Å²) in [5.74, 6) is 1.16. The Morgan fingerprint density at radius 3 is 2.50 bits per heavy atom. The molecule has 2 aromatic carbocycles. The summed E-state index contributed by atoms with van der Waals surface area (Å²) in [6.45, 7) is 5.56. The number of hydrogen-bond acceptors (Lipinski definition) is 5. The second-order valence-electron chi connectivity index (χ2n) is 5.66. The fourth-order valence-electron chi connectivity index (χ4n) is 2.29. The van der Waals surface area contributed by atoms with Gasteiger partial charge in [-0.15, -0.1) is 0 Å². The van der Waals surface area contributed by atoms with Crippen LogP contribution < -0.4 is 9.46 Å². The van der Waals surface area contributed by atoms with Gasteiger partial charge in [0.15, 0.2) is 11.5 Å². The van der Waals surface area contributed by atoms with Crippen LogP contribution in [0.1, 0.15) is 19.7 Å². The van der Waals surface area contributed by atoms with Crippen LogP contribution in [0.15, 0.2) is 51.8 Å². The molecule has 0 spiro atoms. The zero-order valence-electron chi connectivity index (χ0n) is 13.6. The number of benzene rings is 2. The average molecular weight is 346 g/mol. The van der Waals surface area contributed by atoms with E-state index in [2.05, 4.69) is 9.71 Å². The number of ether oxygens (including phenoxy) is 1. The van der Waals surface area contributed by atoms with E-state index in [1.165, 1.54) is 12.1 Å². The molecule has 126 valence electrons. The number of hydrogen-bond donors (Lipinski definition) is 1. The van der Waals surface area contributed by atoms with Crippen molar-refractivity contribution < 1.29 is 17.6 Å². The van der Waals surface area contributed by atoms with Gasteiger partial charge in [-0.25, -0.2) is 13.4 Å². The minimum Gasteiger partial charge on any atom is -0.491 e. The number of aromatic nitrogens is 1. The van der Waals surface area contributed by atoms with Crippen molar-refractivity contribution in [1.82, 2.24) is 4.98 Å². The van der Waals surface area contributed by atoms with Crippen molar-refractivity contribution in [3.63, 3.8) is 0 Å². The minimum absolute atomic E-state index is 0.0303. The molecule has 0 aliphatic carbocycles. The minimum atomic E-state index is -3.69. The van der Waals surface area contributed by atoms with Gasteiger partial charge in [-0.3, -0.25) is 4.72 Å². The molecule has 7 heteroatoms. The Bertz CT molecular complexity index is 960. The summed E-state index contributed by atoms with van der Waals surface area (Å²) in [4.78, 5) is 4.34. The van der Waals surface area contributed by atoms with Crippen molar-refractivity contribution >= 4 is 26.8 Å². The number of rotatable bonds is 5. The summed E-state index contributed by atoms with van der Waals surface area (Å²) < 4.78 is 38.4. The Hall–Kier alpha value is -2.54. The number of sulfonamides is 1. The van der Waals surface area contributed by atoms with E-state index in [9.17, 15) is 8.42 Å². The van der Waals surface area contributed by atoms with E-state index in [0.29, 0.717) is 28.4 Å². The standard InChI is InChI=1S/C17H18N2O4S/c1-11(2)22-14-5-7-15(8-6-14)24(20,21)19-13-4-9-16-17(10-13)23-12(3)18-16/h4-11,19H,1-3H3. The largest absolute Gasteiger partial charge is 0.491 e. The first-order valence-corrected chi connectivity index (χ1v) is 8.98. The molecule has 0 saturated carbocycles. The van der Waals surface area contributed by atoms with E-state index in [1.54, 1.807) is 37.3 Å². The smallest absolute Gasteiger partial charge is 0.261 e. The highest BCUT2D eigenvalue weighted by Gasteiger charge is 2.15. The molecular formula is C17H18N2O4S. The van der Waals surface area contributed by atoms with Crippen LogP contribution in [-0.2, 0) is 10.0 Å². The molecule has 3 aromatic rings. The number of nitrogens with zero attached hydrogens (tertiary/aromatic N) is 1. The van der Waals surface area contributed by atoms with E-state index in [-0.39, 0.29) is 11.0 Å². The maximum absolute atomic E-state index is 12.5. The lowest BCUT2D eigenvalue weighted by Crippen LogP contribution is -2.13. The first-order chi connectivity index (χ1) is 11.3. The van der Waals surface area contributed by atoms with Crippen molar-refractivity contribution in [3.8, 4) is 5.75 Å². The van der Waals surface area contributed by atoms with Crippen LogP contribution >= 0.6 is 0 Å². The lowest BCUT2D eigenvalue weighted by atomic mass is 10.3. The van der Waals surface area contributed by atoms with E-state index < -0.39 is 10.0 Å². The van der Waals surface area contributed by atoms with Gasteiger partial charge in [0.1, 0.15) is 11.3 Å². The van der Waals surface area contributed by atoms with Crippen LogP contribution in [0, 0.1) is 6.92 Å². The molecule has 0 aliphatic heterocycles. The van der Waals surface area contributed by atoms with Gasteiger partial charge in [0, 0.05) is 13.0 Å². The van der Waals surface area contributed by atoms with Crippen LogP contribution in [0.5, 0.6) is 5.75 Å². The highest BCUT2D eigenvalue weighted by atomic mass is 32.2. The molecule has 1 heterocycles. The average Bonchev–Trinajstić information content (AvgIpc) is 2.86. The second kappa shape index (κ2) is 6.16. The second-order valence-corrected chi connectivity index (χ2v) is 7.34. The number of anilines is 1. The van der Waals surface area contributed by atoms with Crippen molar-refractivity contribution in [3.05, 3.63) is 48.4 Å². The molecule has 0 bridgehead atoms. The quantitative estimate of drug-likeness (QED) is 0.761. The molecule has 0 aliphatic rings. The highest BCUT2D eigenvalue weighted by Crippen LogP contribution is 2.23. The Kier molecular flexibility index (Phi) is 4.19. The predicted molar refractivity (Wildman–Crippen MR) is 91.8 cm³/mol. The monoisotopic (exact) mass is 346 g/mol. The fraction of sp³-hybridized carbons (Fsp3) is 0.235. The molecule has 0 radical (unpaired) electrons. The predicted octanol–water partition coefficient (Wildman–Crippen LogP) is 3.72. The van der Waals surface area contributed by atoms with Gasteiger partial charge in [0.2, 0.25) is 0 Å². The molecule has 3 rings (SSSR count). The van der Waals surface area contributed by atoms with Crippen LogP contribution in [0.3, 0.4) is 0 Å². The third kappa shape index (κ3) is 3.51. The van der Waals surface area contributed by atoms with E-state index in [4.69, 9.17) is 9.15 Å². The summed E-state index contributed by atoms with van der Waals surface area (Å²) in [6.07, 6.45) is 0.0303. The summed E-state index contributed by atoms with van der Waals surface area (Å²) in [7, 11) is -3.69. The normalized spacial score (nSPS) is 11.8. The maximum atomic E-state index is 12.5. The zero-order chi connectivity index (χ0) is 17.3. The molecule has 0 fully saturated rings. The summed E-state index contributed by atoms with van der Waals surface area (Å²) in [6, 6.07) is 11.3. The van der Waals surface area contributed by atoms with Gasteiger partial charge in [-0.1, -0.05) is 0 Å². The fourth-order valence-corrected chi connectivity index (χ4v) is 3.34. The maximum Gasteiger partial charge on any atom is 0.261 e.